The van der Waals surface area contributed by atoms with Crippen LogP contribution in [0.5, 0.6) is 0 Å². The highest BCUT2D eigenvalue weighted by molar-refractivity contribution is 5.70. The number of anilines is 1. The Hall–Kier alpha value is -1.77. The molecule has 0 saturated heterocycles. The Bertz CT molecular complexity index is 498. The average Bonchev–Trinajstić information content (AvgIpc) is 2.45. The summed E-state index contributed by atoms with van der Waals surface area (Å²) in [5, 5.41) is 4.34. The molecule has 0 spiro atoms. The van der Waals surface area contributed by atoms with Gasteiger partial charge in [0.1, 0.15) is 0 Å². The van der Waals surface area contributed by atoms with Crippen LogP contribution in [0.3, 0.4) is 0 Å². The molecule has 0 aliphatic heterocycles. The van der Waals surface area contributed by atoms with Gasteiger partial charge in [-0.05, 0) is 37.1 Å². The summed E-state index contributed by atoms with van der Waals surface area (Å²) in [7, 11) is 1.93. The summed E-state index contributed by atoms with van der Waals surface area (Å²) >= 11 is 0. The molecule has 0 saturated carbocycles. The van der Waals surface area contributed by atoms with Gasteiger partial charge in [-0.1, -0.05) is 6.07 Å². The van der Waals surface area contributed by atoms with Crippen LogP contribution in [0, 0.1) is 13.8 Å². The van der Waals surface area contributed by atoms with Crippen LogP contribution in [0.15, 0.2) is 24.4 Å². The number of hydrogen-bond acceptors (Lipinski definition) is 2. The summed E-state index contributed by atoms with van der Waals surface area (Å²) in [5.41, 5.74) is 11.1. The van der Waals surface area contributed by atoms with Crippen molar-refractivity contribution < 1.29 is 0 Å². The van der Waals surface area contributed by atoms with Gasteiger partial charge in [0.2, 0.25) is 0 Å². The third kappa shape index (κ3) is 1.73. The number of nitrogens with two attached hydrogens (primary N) is 1. The first-order valence-electron chi connectivity index (χ1n) is 4.94. The molecule has 0 unspecified atom stereocenters. The van der Waals surface area contributed by atoms with Gasteiger partial charge in [-0.3, -0.25) is 4.68 Å². The van der Waals surface area contributed by atoms with Crippen LogP contribution in [-0.4, -0.2) is 9.78 Å². The van der Waals surface area contributed by atoms with E-state index in [1.54, 1.807) is 0 Å². The van der Waals surface area contributed by atoms with Crippen LogP contribution < -0.4 is 5.73 Å². The number of rotatable bonds is 1. The molecule has 0 aliphatic rings. The average molecular weight is 201 g/mol. The summed E-state index contributed by atoms with van der Waals surface area (Å²) in [6.07, 6.45) is 2.04. The summed E-state index contributed by atoms with van der Waals surface area (Å²) in [5.74, 6) is 0. The molecule has 2 rings (SSSR count). The SMILES string of the molecule is Cc1cc(N)ccc1-c1cn(C)nc1C. The molecule has 1 aromatic carbocycles. The number of nitrogens with zero attached hydrogens (tertiary/aromatic N) is 2. The Morgan fingerprint density at radius 2 is 1.93 bits per heavy atom. The summed E-state index contributed by atoms with van der Waals surface area (Å²) in [6, 6.07) is 5.96. The third-order valence-electron chi connectivity index (χ3n) is 2.55. The first kappa shape index (κ1) is 9.77. The largest absolute Gasteiger partial charge is 0.399 e. The molecule has 1 heterocycles. The fourth-order valence-electron chi connectivity index (χ4n) is 1.85. The molecule has 3 heteroatoms. The highest BCUT2D eigenvalue weighted by Gasteiger charge is 2.08. The van der Waals surface area contributed by atoms with Crippen molar-refractivity contribution in [3.8, 4) is 11.1 Å². The van der Waals surface area contributed by atoms with E-state index in [1.807, 2.05) is 37.0 Å². The van der Waals surface area contributed by atoms with Crippen LogP contribution in [0.2, 0.25) is 0 Å². The number of aryl methyl sites for hydroxylation is 3. The van der Waals surface area contributed by atoms with Crippen molar-refractivity contribution in [2.24, 2.45) is 7.05 Å². The molecule has 0 atom stereocenters. The molecule has 3 nitrogen and oxygen atoms in total. The van der Waals surface area contributed by atoms with E-state index >= 15 is 0 Å². The molecule has 2 aromatic rings. The Kier molecular flexibility index (Phi) is 2.23. The van der Waals surface area contributed by atoms with Crippen LogP contribution in [0.25, 0.3) is 11.1 Å². The predicted molar refractivity (Wildman–Crippen MR) is 62.5 cm³/mol. The Morgan fingerprint density at radius 1 is 1.20 bits per heavy atom. The van der Waals surface area contributed by atoms with Crippen LogP contribution >= 0.6 is 0 Å². The predicted octanol–water partition coefficient (Wildman–Crippen LogP) is 2.29. The van der Waals surface area contributed by atoms with Crippen molar-refractivity contribution in [2.75, 3.05) is 5.73 Å². The van der Waals surface area contributed by atoms with Gasteiger partial charge in [0, 0.05) is 24.5 Å². The van der Waals surface area contributed by atoms with Crippen molar-refractivity contribution in [3.63, 3.8) is 0 Å². The second-order valence-electron chi connectivity index (χ2n) is 3.88. The quantitative estimate of drug-likeness (QED) is 0.719. The molecule has 2 N–H and O–H groups in total. The fourth-order valence-corrected chi connectivity index (χ4v) is 1.85. The number of aromatic nitrogens is 2. The lowest BCUT2D eigenvalue weighted by molar-refractivity contribution is 0.756. The Balaban J connectivity index is 2.59. The minimum absolute atomic E-state index is 0.804. The minimum Gasteiger partial charge on any atom is -0.399 e. The van der Waals surface area contributed by atoms with Crippen molar-refractivity contribution in [1.82, 2.24) is 9.78 Å². The lowest BCUT2D eigenvalue weighted by atomic mass is 10.0. The Labute approximate surface area is 89.5 Å². The maximum absolute atomic E-state index is 5.73. The first-order chi connectivity index (χ1) is 7.08. The molecular formula is C12H15N3. The third-order valence-corrected chi connectivity index (χ3v) is 2.55. The minimum atomic E-state index is 0.804. The summed E-state index contributed by atoms with van der Waals surface area (Å²) in [6.45, 7) is 4.09. The number of benzene rings is 1. The fraction of sp³-hybridized carbons (Fsp3) is 0.250. The van der Waals surface area contributed by atoms with Gasteiger partial charge in [-0.2, -0.15) is 5.10 Å². The lowest BCUT2D eigenvalue weighted by Crippen LogP contribution is -1.88. The van der Waals surface area contributed by atoms with Gasteiger partial charge < -0.3 is 5.73 Å². The van der Waals surface area contributed by atoms with Gasteiger partial charge in [-0.25, -0.2) is 0 Å². The highest BCUT2D eigenvalue weighted by Crippen LogP contribution is 2.26. The van der Waals surface area contributed by atoms with Crippen molar-refractivity contribution in [3.05, 3.63) is 35.7 Å². The molecule has 78 valence electrons. The van der Waals surface area contributed by atoms with Gasteiger partial charge in [0.05, 0.1) is 5.69 Å². The van der Waals surface area contributed by atoms with Gasteiger partial charge >= 0.3 is 0 Å². The highest BCUT2D eigenvalue weighted by atomic mass is 15.2. The van der Waals surface area contributed by atoms with Gasteiger partial charge in [-0.15, -0.1) is 0 Å². The smallest absolute Gasteiger partial charge is 0.0672 e. The van der Waals surface area contributed by atoms with Crippen LogP contribution in [-0.2, 0) is 7.05 Å². The molecule has 0 aliphatic carbocycles. The van der Waals surface area contributed by atoms with E-state index in [2.05, 4.69) is 18.1 Å². The molecule has 1 aromatic heterocycles. The van der Waals surface area contributed by atoms with Crippen molar-refractivity contribution >= 4 is 5.69 Å². The van der Waals surface area contributed by atoms with E-state index in [4.69, 9.17) is 5.73 Å². The zero-order valence-corrected chi connectivity index (χ0v) is 9.28. The molecular weight excluding hydrogens is 186 g/mol. The Morgan fingerprint density at radius 3 is 2.47 bits per heavy atom. The maximum atomic E-state index is 5.73. The molecule has 0 radical (unpaired) electrons. The van der Waals surface area contributed by atoms with Gasteiger partial charge in [0.25, 0.3) is 0 Å². The van der Waals surface area contributed by atoms with E-state index in [0.29, 0.717) is 0 Å². The topological polar surface area (TPSA) is 43.8 Å². The second-order valence-corrected chi connectivity index (χ2v) is 3.88. The molecule has 0 bridgehead atoms. The summed E-state index contributed by atoms with van der Waals surface area (Å²) in [4.78, 5) is 0. The molecule has 0 fully saturated rings. The van der Waals surface area contributed by atoms with Crippen LogP contribution in [0.4, 0.5) is 5.69 Å². The molecule has 0 amide bonds. The lowest BCUT2D eigenvalue weighted by Gasteiger charge is -2.05. The maximum Gasteiger partial charge on any atom is 0.0672 e. The standard InChI is InChI=1S/C12H15N3/c1-8-6-10(13)4-5-11(8)12-7-15(3)14-9(12)2/h4-7H,13H2,1-3H3. The van der Waals surface area contributed by atoms with E-state index in [9.17, 15) is 0 Å². The summed E-state index contributed by atoms with van der Waals surface area (Å²) < 4.78 is 1.83. The monoisotopic (exact) mass is 201 g/mol. The van der Waals surface area contributed by atoms with E-state index < -0.39 is 0 Å². The van der Waals surface area contributed by atoms with Crippen molar-refractivity contribution in [1.29, 1.82) is 0 Å². The van der Waals surface area contributed by atoms with E-state index in [1.165, 1.54) is 16.7 Å². The van der Waals surface area contributed by atoms with E-state index in [-0.39, 0.29) is 0 Å². The van der Waals surface area contributed by atoms with E-state index in [0.717, 1.165) is 11.4 Å². The first-order valence-corrected chi connectivity index (χ1v) is 4.94. The van der Waals surface area contributed by atoms with Gasteiger partial charge in [0.15, 0.2) is 0 Å². The second kappa shape index (κ2) is 3.42. The molecule has 15 heavy (non-hydrogen) atoms. The zero-order chi connectivity index (χ0) is 11.0. The number of hydrogen-bond donors (Lipinski definition) is 1. The normalized spacial score (nSPS) is 10.6. The van der Waals surface area contributed by atoms with Crippen molar-refractivity contribution in [2.45, 2.75) is 13.8 Å². The number of nitrogen functional groups attached to an aromatic ring is 1. The zero-order valence-electron chi connectivity index (χ0n) is 9.28. The van der Waals surface area contributed by atoms with Crippen LogP contribution in [0.1, 0.15) is 11.3 Å².